The summed E-state index contributed by atoms with van der Waals surface area (Å²) in [6.45, 7) is 2.21. The van der Waals surface area contributed by atoms with Gasteiger partial charge in [-0.15, -0.1) is 12.4 Å². The van der Waals surface area contributed by atoms with Gasteiger partial charge in [-0.3, -0.25) is 0 Å². The molecule has 2 heterocycles. The summed E-state index contributed by atoms with van der Waals surface area (Å²) in [5, 5.41) is 3.54. The van der Waals surface area contributed by atoms with E-state index in [0.29, 0.717) is 36.5 Å². The fourth-order valence-corrected chi connectivity index (χ4v) is 5.40. The maximum Gasteiger partial charge on any atom is 0.246 e. The van der Waals surface area contributed by atoms with Gasteiger partial charge in [0.15, 0.2) is 0 Å². The largest absolute Gasteiger partial charge is 0.497 e. The number of benzene rings is 1. The molecule has 0 spiro atoms. The first-order valence-corrected chi connectivity index (χ1v) is 9.96. The second kappa shape index (κ2) is 8.58. The van der Waals surface area contributed by atoms with Crippen LogP contribution in [0.2, 0.25) is 0 Å². The normalized spacial score (nSPS) is 22.4. The van der Waals surface area contributed by atoms with Crippen molar-refractivity contribution >= 4 is 22.4 Å². The molecule has 25 heavy (non-hydrogen) atoms. The van der Waals surface area contributed by atoms with Crippen LogP contribution in [0.15, 0.2) is 23.1 Å². The molecule has 0 bridgehead atoms. The summed E-state index contributed by atoms with van der Waals surface area (Å²) in [6, 6.07) is 5.44. The molecule has 2 fully saturated rings. The minimum absolute atomic E-state index is 0. The smallest absolute Gasteiger partial charge is 0.246 e. The lowest BCUT2D eigenvalue weighted by molar-refractivity contribution is 0.233. The number of rotatable bonds is 5. The van der Waals surface area contributed by atoms with Gasteiger partial charge in [0, 0.05) is 25.2 Å². The van der Waals surface area contributed by atoms with Crippen molar-refractivity contribution in [1.29, 1.82) is 0 Å². The Bertz CT molecular complexity index is 669. The third kappa shape index (κ3) is 4.22. The third-order valence-electron chi connectivity index (χ3n) is 5.15. The van der Waals surface area contributed by atoms with E-state index in [0.717, 1.165) is 19.4 Å². The first kappa shape index (κ1) is 20.3. The van der Waals surface area contributed by atoms with Crippen molar-refractivity contribution in [2.24, 2.45) is 5.92 Å². The van der Waals surface area contributed by atoms with Gasteiger partial charge < -0.3 is 14.8 Å². The summed E-state index contributed by atoms with van der Waals surface area (Å²) in [5.74, 6) is 1.45. The van der Waals surface area contributed by atoms with Crippen molar-refractivity contribution in [3.05, 3.63) is 18.2 Å². The van der Waals surface area contributed by atoms with Crippen molar-refractivity contribution in [3.8, 4) is 11.5 Å². The van der Waals surface area contributed by atoms with E-state index < -0.39 is 10.0 Å². The fraction of sp³-hybridized carbons (Fsp3) is 0.647. The number of sulfonamides is 1. The van der Waals surface area contributed by atoms with Crippen LogP contribution in [0.1, 0.15) is 25.7 Å². The Morgan fingerprint density at radius 1 is 1.12 bits per heavy atom. The molecule has 0 saturated carbocycles. The Balaban J connectivity index is 0.00000225. The van der Waals surface area contributed by atoms with Gasteiger partial charge in [-0.1, -0.05) is 0 Å². The van der Waals surface area contributed by atoms with Gasteiger partial charge >= 0.3 is 0 Å². The number of methoxy groups -OCH3 is 2. The molecule has 1 aromatic rings. The maximum absolute atomic E-state index is 13.0. The van der Waals surface area contributed by atoms with Gasteiger partial charge in [-0.2, -0.15) is 4.31 Å². The van der Waals surface area contributed by atoms with E-state index in [4.69, 9.17) is 9.47 Å². The highest BCUT2D eigenvalue weighted by Crippen LogP contribution is 2.33. The van der Waals surface area contributed by atoms with E-state index >= 15 is 0 Å². The molecule has 1 N–H and O–H groups in total. The van der Waals surface area contributed by atoms with Crippen molar-refractivity contribution in [1.82, 2.24) is 9.62 Å². The highest BCUT2D eigenvalue weighted by Gasteiger charge is 2.34. The Hall–Kier alpha value is -1.02. The minimum atomic E-state index is -3.58. The lowest BCUT2D eigenvalue weighted by Crippen LogP contribution is -2.43. The van der Waals surface area contributed by atoms with E-state index in [9.17, 15) is 8.42 Å². The summed E-state index contributed by atoms with van der Waals surface area (Å²) < 4.78 is 38.1. The lowest BCUT2D eigenvalue weighted by atomic mass is 9.89. The van der Waals surface area contributed by atoms with Crippen LogP contribution >= 0.6 is 12.4 Å². The van der Waals surface area contributed by atoms with Crippen LogP contribution in [0, 0.1) is 5.92 Å². The predicted molar refractivity (Wildman–Crippen MR) is 99.3 cm³/mol. The number of hydrogen-bond acceptors (Lipinski definition) is 5. The maximum atomic E-state index is 13.0. The van der Waals surface area contributed by atoms with Gasteiger partial charge in [-0.25, -0.2) is 8.42 Å². The van der Waals surface area contributed by atoms with E-state index in [1.54, 1.807) is 22.5 Å². The zero-order valence-electron chi connectivity index (χ0n) is 14.7. The average Bonchev–Trinajstić information content (AvgIpc) is 3.16. The molecule has 1 aromatic carbocycles. The van der Waals surface area contributed by atoms with Crippen molar-refractivity contribution in [3.63, 3.8) is 0 Å². The Morgan fingerprint density at radius 3 is 2.40 bits per heavy atom. The molecule has 8 heteroatoms. The first-order valence-electron chi connectivity index (χ1n) is 8.52. The zero-order valence-corrected chi connectivity index (χ0v) is 16.4. The third-order valence-corrected chi connectivity index (χ3v) is 7.07. The summed E-state index contributed by atoms with van der Waals surface area (Å²) in [4.78, 5) is 0.182. The van der Waals surface area contributed by atoms with Crippen LogP contribution in [0.25, 0.3) is 0 Å². The predicted octanol–water partition coefficient (Wildman–Crippen LogP) is 2.28. The van der Waals surface area contributed by atoms with Crippen LogP contribution in [0.4, 0.5) is 0 Å². The van der Waals surface area contributed by atoms with Crippen LogP contribution in [0.5, 0.6) is 11.5 Å². The molecule has 2 saturated heterocycles. The summed E-state index contributed by atoms with van der Waals surface area (Å²) in [6.07, 6.45) is 4.25. The summed E-state index contributed by atoms with van der Waals surface area (Å²) in [7, 11) is -0.565. The highest BCUT2D eigenvalue weighted by atomic mass is 35.5. The molecule has 2 aliphatic rings. The van der Waals surface area contributed by atoms with Crippen LogP contribution in [-0.2, 0) is 10.0 Å². The van der Waals surface area contributed by atoms with E-state index in [-0.39, 0.29) is 17.3 Å². The number of nitrogens with zero attached hydrogens (tertiary/aromatic N) is 1. The SMILES string of the molecule is COc1ccc(OC)c(S(=O)(=O)N2CCC(C3CCCN3)CC2)c1.Cl. The number of ether oxygens (including phenoxy) is 2. The zero-order chi connectivity index (χ0) is 17.2. The number of nitrogens with one attached hydrogen (secondary N) is 1. The van der Waals surface area contributed by atoms with Crippen LogP contribution < -0.4 is 14.8 Å². The van der Waals surface area contributed by atoms with Crippen molar-refractivity contribution < 1.29 is 17.9 Å². The van der Waals surface area contributed by atoms with Gasteiger partial charge in [-0.05, 0) is 50.3 Å². The molecule has 6 nitrogen and oxygen atoms in total. The molecular formula is C17H27ClN2O4S. The highest BCUT2D eigenvalue weighted by molar-refractivity contribution is 7.89. The average molecular weight is 391 g/mol. The minimum Gasteiger partial charge on any atom is -0.497 e. The van der Waals surface area contributed by atoms with E-state index in [1.165, 1.54) is 27.1 Å². The number of hydrogen-bond donors (Lipinski definition) is 1. The van der Waals surface area contributed by atoms with E-state index in [2.05, 4.69) is 5.32 Å². The second-order valence-electron chi connectivity index (χ2n) is 6.46. The Morgan fingerprint density at radius 2 is 1.84 bits per heavy atom. The van der Waals surface area contributed by atoms with Gasteiger partial charge in [0.25, 0.3) is 0 Å². The summed E-state index contributed by atoms with van der Waals surface area (Å²) >= 11 is 0. The van der Waals surface area contributed by atoms with Gasteiger partial charge in [0.1, 0.15) is 16.4 Å². The molecular weight excluding hydrogens is 364 g/mol. The van der Waals surface area contributed by atoms with Gasteiger partial charge in [0.2, 0.25) is 10.0 Å². The fourth-order valence-electron chi connectivity index (χ4n) is 3.76. The van der Waals surface area contributed by atoms with Crippen LogP contribution in [-0.4, -0.2) is 52.6 Å². The molecule has 0 aromatic heterocycles. The molecule has 1 atom stereocenters. The monoisotopic (exact) mass is 390 g/mol. The lowest BCUT2D eigenvalue weighted by Gasteiger charge is -2.34. The first-order chi connectivity index (χ1) is 11.6. The Kier molecular flexibility index (Phi) is 6.96. The summed E-state index contributed by atoms with van der Waals surface area (Å²) in [5.41, 5.74) is 0. The standard InChI is InChI=1S/C17H26N2O4S.ClH/c1-22-14-5-6-16(23-2)17(12-14)24(20,21)19-10-7-13(8-11-19)15-4-3-9-18-15;/h5-6,12-13,15,18H,3-4,7-11H2,1-2H3;1H. The number of halogens is 1. The molecule has 0 aliphatic carbocycles. The molecule has 1 unspecified atom stereocenters. The van der Waals surface area contributed by atoms with Crippen molar-refractivity contribution in [2.75, 3.05) is 33.9 Å². The van der Waals surface area contributed by atoms with Crippen LogP contribution in [0.3, 0.4) is 0 Å². The molecule has 0 amide bonds. The Labute approximate surface area is 156 Å². The second-order valence-corrected chi connectivity index (χ2v) is 8.37. The molecule has 142 valence electrons. The molecule has 0 radical (unpaired) electrons. The molecule has 2 aliphatic heterocycles. The van der Waals surface area contributed by atoms with Gasteiger partial charge in [0.05, 0.1) is 14.2 Å². The quantitative estimate of drug-likeness (QED) is 0.835. The number of piperidine rings is 1. The van der Waals surface area contributed by atoms with Crippen molar-refractivity contribution in [2.45, 2.75) is 36.6 Å². The van der Waals surface area contributed by atoms with E-state index in [1.807, 2.05) is 0 Å². The molecule has 3 rings (SSSR count). The topological polar surface area (TPSA) is 67.9 Å².